The molecule has 0 aliphatic carbocycles. The Balaban J connectivity index is 3.18. The molecule has 0 fully saturated rings. The zero-order chi connectivity index (χ0) is 12.3. The summed E-state index contributed by atoms with van der Waals surface area (Å²) in [6.07, 6.45) is 0.0670. The Kier molecular flexibility index (Phi) is 4.19. The number of rotatable bonds is 4. The number of hydrogen-bond donors (Lipinski definition) is 1. The van der Waals surface area contributed by atoms with Gasteiger partial charge in [0, 0.05) is 10.6 Å². The minimum atomic E-state index is -0.825. The number of hydrogen-bond acceptors (Lipinski definition) is 2. The average Bonchev–Trinajstić information content (AvgIpc) is 2.20. The van der Waals surface area contributed by atoms with Gasteiger partial charge in [-0.15, -0.1) is 0 Å². The summed E-state index contributed by atoms with van der Waals surface area (Å²) in [5.74, 6) is -0.254. The third-order valence-corrected chi connectivity index (χ3v) is 3.01. The van der Waals surface area contributed by atoms with E-state index < -0.39 is 5.97 Å². The smallest absolute Gasteiger partial charge is 0.303 e. The van der Waals surface area contributed by atoms with Gasteiger partial charge in [0.15, 0.2) is 0 Å². The molecule has 0 aliphatic heterocycles. The summed E-state index contributed by atoms with van der Waals surface area (Å²) < 4.78 is 5.23. The van der Waals surface area contributed by atoms with Gasteiger partial charge in [-0.2, -0.15) is 0 Å². The number of halogens is 1. The topological polar surface area (TPSA) is 46.5 Å². The van der Waals surface area contributed by atoms with Gasteiger partial charge < -0.3 is 9.84 Å². The first-order valence-electron chi connectivity index (χ1n) is 5.02. The first kappa shape index (κ1) is 12.8. The molecule has 1 unspecified atom stereocenters. The summed E-state index contributed by atoms with van der Waals surface area (Å²) in [7, 11) is 1.57. The predicted octanol–water partition coefficient (Wildman–Crippen LogP) is 3.24. The van der Waals surface area contributed by atoms with Crippen LogP contribution in [0.3, 0.4) is 0 Å². The molecular formula is C12H15ClO3. The molecule has 0 amide bonds. The van der Waals surface area contributed by atoms with Crippen molar-refractivity contribution in [1.29, 1.82) is 0 Å². The molecular weight excluding hydrogens is 228 g/mol. The summed E-state index contributed by atoms with van der Waals surface area (Å²) in [5, 5.41) is 9.43. The molecule has 0 saturated heterocycles. The van der Waals surface area contributed by atoms with E-state index in [0.29, 0.717) is 10.8 Å². The third-order valence-electron chi connectivity index (χ3n) is 2.60. The Hall–Kier alpha value is -1.22. The van der Waals surface area contributed by atoms with Gasteiger partial charge in [0.05, 0.1) is 13.5 Å². The maximum Gasteiger partial charge on any atom is 0.303 e. The van der Waals surface area contributed by atoms with E-state index in [2.05, 4.69) is 0 Å². The molecule has 4 heteroatoms. The molecule has 1 atom stereocenters. The lowest BCUT2D eigenvalue weighted by Crippen LogP contribution is -2.06. The minimum Gasteiger partial charge on any atom is -0.496 e. The minimum absolute atomic E-state index is 0.0670. The van der Waals surface area contributed by atoms with Crippen LogP contribution in [0.2, 0.25) is 5.02 Å². The van der Waals surface area contributed by atoms with Crippen LogP contribution in [0.1, 0.15) is 30.4 Å². The van der Waals surface area contributed by atoms with Crippen molar-refractivity contribution < 1.29 is 14.6 Å². The quantitative estimate of drug-likeness (QED) is 0.882. The fourth-order valence-corrected chi connectivity index (χ4v) is 2.00. The van der Waals surface area contributed by atoms with Gasteiger partial charge >= 0.3 is 5.97 Å². The lowest BCUT2D eigenvalue weighted by molar-refractivity contribution is -0.137. The van der Waals surface area contributed by atoms with Gasteiger partial charge in [-0.25, -0.2) is 0 Å². The standard InChI is InChI=1S/C12H15ClO3/c1-7(6-11(14)15)12-8(2)9(13)4-5-10(12)16-3/h4-5,7H,6H2,1-3H3,(H,14,15). The molecule has 0 aliphatic rings. The highest BCUT2D eigenvalue weighted by molar-refractivity contribution is 6.31. The van der Waals surface area contributed by atoms with Crippen LogP contribution in [-0.2, 0) is 4.79 Å². The average molecular weight is 243 g/mol. The molecule has 0 bridgehead atoms. The van der Waals surface area contributed by atoms with E-state index in [4.69, 9.17) is 21.4 Å². The maximum absolute atomic E-state index is 10.7. The van der Waals surface area contributed by atoms with Crippen LogP contribution < -0.4 is 4.74 Å². The summed E-state index contributed by atoms with van der Waals surface area (Å²) in [4.78, 5) is 10.7. The van der Waals surface area contributed by atoms with E-state index in [9.17, 15) is 4.79 Å². The van der Waals surface area contributed by atoms with Crippen LogP contribution in [-0.4, -0.2) is 18.2 Å². The van der Waals surface area contributed by atoms with Gasteiger partial charge in [-0.05, 0) is 30.5 Å². The Bertz CT molecular complexity index is 401. The number of aliphatic carboxylic acids is 1. The van der Waals surface area contributed by atoms with Crippen LogP contribution in [0, 0.1) is 6.92 Å². The summed E-state index contributed by atoms with van der Waals surface area (Å²) in [6, 6.07) is 3.52. The molecule has 1 N–H and O–H groups in total. The second-order valence-electron chi connectivity index (χ2n) is 3.79. The monoisotopic (exact) mass is 242 g/mol. The van der Waals surface area contributed by atoms with E-state index in [1.807, 2.05) is 13.8 Å². The molecule has 0 heterocycles. The summed E-state index contributed by atoms with van der Waals surface area (Å²) >= 11 is 6.02. The van der Waals surface area contributed by atoms with Gasteiger partial charge in [0.1, 0.15) is 5.75 Å². The zero-order valence-electron chi connectivity index (χ0n) is 9.58. The SMILES string of the molecule is COc1ccc(Cl)c(C)c1C(C)CC(=O)O. The predicted molar refractivity (Wildman–Crippen MR) is 63.4 cm³/mol. The van der Waals surface area contributed by atoms with Crippen molar-refractivity contribution in [2.75, 3.05) is 7.11 Å². The van der Waals surface area contributed by atoms with Gasteiger partial charge in [-0.3, -0.25) is 4.79 Å². The fourth-order valence-electron chi connectivity index (χ4n) is 1.83. The second-order valence-corrected chi connectivity index (χ2v) is 4.19. The highest BCUT2D eigenvalue weighted by Gasteiger charge is 2.18. The Morgan fingerprint density at radius 2 is 2.19 bits per heavy atom. The number of benzene rings is 1. The van der Waals surface area contributed by atoms with Gasteiger partial charge in [-0.1, -0.05) is 18.5 Å². The first-order valence-corrected chi connectivity index (χ1v) is 5.40. The number of carboxylic acid groups (broad SMARTS) is 1. The summed E-state index contributed by atoms with van der Waals surface area (Å²) in [5.41, 5.74) is 1.76. The van der Waals surface area contributed by atoms with Crippen molar-refractivity contribution in [2.24, 2.45) is 0 Å². The zero-order valence-corrected chi connectivity index (χ0v) is 10.3. The Morgan fingerprint density at radius 1 is 1.56 bits per heavy atom. The largest absolute Gasteiger partial charge is 0.496 e. The maximum atomic E-state index is 10.7. The van der Waals surface area contributed by atoms with Gasteiger partial charge in [0.25, 0.3) is 0 Å². The highest BCUT2D eigenvalue weighted by Crippen LogP contribution is 2.35. The number of ether oxygens (including phenoxy) is 1. The van der Waals surface area contributed by atoms with Gasteiger partial charge in [0.2, 0.25) is 0 Å². The van der Waals surface area contributed by atoms with E-state index >= 15 is 0 Å². The van der Waals surface area contributed by atoms with Crippen molar-refractivity contribution in [3.8, 4) is 5.75 Å². The molecule has 3 nitrogen and oxygen atoms in total. The molecule has 1 aromatic carbocycles. The van der Waals surface area contributed by atoms with Crippen molar-refractivity contribution in [3.05, 3.63) is 28.3 Å². The molecule has 1 aromatic rings. The Labute approximate surface area is 100.0 Å². The van der Waals surface area contributed by atoms with Crippen LogP contribution in [0.5, 0.6) is 5.75 Å². The molecule has 0 saturated carbocycles. The molecule has 0 radical (unpaired) electrons. The molecule has 0 aromatic heterocycles. The second kappa shape index (κ2) is 5.21. The highest BCUT2D eigenvalue weighted by atomic mass is 35.5. The first-order chi connectivity index (χ1) is 7.47. The number of methoxy groups -OCH3 is 1. The van der Waals surface area contributed by atoms with Crippen molar-refractivity contribution >= 4 is 17.6 Å². The third kappa shape index (κ3) is 2.67. The molecule has 1 rings (SSSR count). The van der Waals surface area contributed by atoms with E-state index in [1.54, 1.807) is 19.2 Å². The number of carboxylic acids is 1. The molecule has 88 valence electrons. The summed E-state index contributed by atoms with van der Waals surface area (Å²) in [6.45, 7) is 3.73. The van der Waals surface area contributed by atoms with Crippen LogP contribution in [0.4, 0.5) is 0 Å². The van der Waals surface area contributed by atoms with Crippen LogP contribution >= 0.6 is 11.6 Å². The van der Waals surface area contributed by atoms with E-state index in [-0.39, 0.29) is 12.3 Å². The van der Waals surface area contributed by atoms with Crippen molar-refractivity contribution in [2.45, 2.75) is 26.2 Å². The fraction of sp³-hybridized carbons (Fsp3) is 0.417. The van der Waals surface area contributed by atoms with E-state index in [0.717, 1.165) is 11.1 Å². The molecule has 0 spiro atoms. The van der Waals surface area contributed by atoms with Crippen molar-refractivity contribution in [1.82, 2.24) is 0 Å². The number of carbonyl (C=O) groups is 1. The lowest BCUT2D eigenvalue weighted by Gasteiger charge is -2.17. The van der Waals surface area contributed by atoms with Crippen LogP contribution in [0.15, 0.2) is 12.1 Å². The normalized spacial score (nSPS) is 12.2. The van der Waals surface area contributed by atoms with Crippen molar-refractivity contribution in [3.63, 3.8) is 0 Å². The van der Waals surface area contributed by atoms with Crippen LogP contribution in [0.25, 0.3) is 0 Å². The lowest BCUT2D eigenvalue weighted by atomic mass is 9.93. The van der Waals surface area contributed by atoms with E-state index in [1.165, 1.54) is 0 Å². The molecule has 16 heavy (non-hydrogen) atoms. The Morgan fingerprint density at radius 3 is 2.69 bits per heavy atom.